The third-order valence-electron chi connectivity index (χ3n) is 4.27. The van der Waals surface area contributed by atoms with Crippen molar-refractivity contribution < 1.29 is 4.79 Å². The first-order chi connectivity index (χ1) is 10.1. The van der Waals surface area contributed by atoms with E-state index in [4.69, 9.17) is 11.6 Å². The van der Waals surface area contributed by atoms with E-state index in [-0.39, 0.29) is 11.9 Å². The maximum Gasteiger partial charge on any atom is 0.237 e. The molecule has 1 aliphatic carbocycles. The first-order valence-corrected chi connectivity index (χ1v) is 9.08. The number of likely N-dealkylation sites (N-methyl/N-ethyl adjacent to an activating group) is 1. The third-order valence-corrected chi connectivity index (χ3v) is 5.49. The lowest BCUT2D eigenvalue weighted by Gasteiger charge is -2.29. The van der Waals surface area contributed by atoms with Crippen molar-refractivity contribution in [2.24, 2.45) is 0 Å². The Balaban J connectivity index is 1.88. The van der Waals surface area contributed by atoms with E-state index in [1.54, 1.807) is 11.3 Å². The lowest BCUT2D eigenvalue weighted by atomic mass is 9.95. The Labute approximate surface area is 136 Å². The van der Waals surface area contributed by atoms with Crippen LogP contribution >= 0.6 is 22.9 Å². The van der Waals surface area contributed by atoms with Crippen molar-refractivity contribution in [1.29, 1.82) is 0 Å². The number of thiophene rings is 1. The average molecular weight is 329 g/mol. The van der Waals surface area contributed by atoms with Gasteiger partial charge in [-0.25, -0.2) is 0 Å². The summed E-state index contributed by atoms with van der Waals surface area (Å²) in [6.45, 7) is 5.73. The first-order valence-electron chi connectivity index (χ1n) is 7.88. The van der Waals surface area contributed by atoms with Crippen LogP contribution in [0.5, 0.6) is 0 Å². The molecule has 21 heavy (non-hydrogen) atoms. The Morgan fingerprint density at radius 3 is 2.71 bits per heavy atom. The molecule has 1 amide bonds. The number of nitrogens with one attached hydrogen (secondary N) is 1. The lowest BCUT2D eigenvalue weighted by molar-refractivity contribution is -0.127. The van der Waals surface area contributed by atoms with Crippen molar-refractivity contribution in [1.82, 2.24) is 10.2 Å². The molecule has 1 aromatic rings. The molecule has 0 spiro atoms. The molecule has 1 N–H and O–H groups in total. The SMILES string of the molecule is CCN(Cc1ccc(Cl)s1)C(C)C(=O)NC1CCCCC1. The summed E-state index contributed by atoms with van der Waals surface area (Å²) in [5, 5.41) is 3.22. The minimum absolute atomic E-state index is 0.0993. The summed E-state index contributed by atoms with van der Waals surface area (Å²) < 4.78 is 0.806. The van der Waals surface area contributed by atoms with E-state index >= 15 is 0 Å². The molecule has 0 radical (unpaired) electrons. The molecule has 0 saturated heterocycles. The van der Waals surface area contributed by atoms with Crippen LogP contribution in [0.2, 0.25) is 4.34 Å². The highest BCUT2D eigenvalue weighted by molar-refractivity contribution is 7.16. The second kappa shape index (κ2) is 8.16. The van der Waals surface area contributed by atoms with Crippen molar-refractivity contribution in [3.05, 3.63) is 21.3 Å². The Bertz CT molecular complexity index is 457. The van der Waals surface area contributed by atoms with E-state index in [1.165, 1.54) is 24.1 Å². The van der Waals surface area contributed by atoms with Crippen LogP contribution in [0, 0.1) is 0 Å². The van der Waals surface area contributed by atoms with E-state index in [2.05, 4.69) is 17.1 Å². The third kappa shape index (κ3) is 4.97. The molecule has 118 valence electrons. The van der Waals surface area contributed by atoms with Gasteiger partial charge in [0.25, 0.3) is 0 Å². The number of hydrogen-bond acceptors (Lipinski definition) is 3. The Hall–Kier alpha value is -0.580. The minimum Gasteiger partial charge on any atom is -0.352 e. The maximum atomic E-state index is 12.4. The maximum absolute atomic E-state index is 12.4. The molecule has 1 unspecified atom stereocenters. The van der Waals surface area contributed by atoms with Crippen molar-refractivity contribution in [2.45, 2.75) is 64.6 Å². The number of carbonyl (C=O) groups is 1. The smallest absolute Gasteiger partial charge is 0.237 e. The summed E-state index contributed by atoms with van der Waals surface area (Å²) in [6, 6.07) is 4.24. The van der Waals surface area contributed by atoms with Gasteiger partial charge in [0.15, 0.2) is 0 Å². The van der Waals surface area contributed by atoms with Gasteiger partial charge in [0.05, 0.1) is 10.4 Å². The Kier molecular flexibility index (Phi) is 6.52. The Morgan fingerprint density at radius 1 is 1.43 bits per heavy atom. The highest BCUT2D eigenvalue weighted by Gasteiger charge is 2.23. The Morgan fingerprint density at radius 2 is 2.14 bits per heavy atom. The standard InChI is InChI=1S/C16H25ClN2OS/c1-3-19(11-14-9-10-15(17)21-14)12(2)16(20)18-13-7-5-4-6-8-13/h9-10,12-13H,3-8,11H2,1-2H3,(H,18,20). The van der Waals surface area contributed by atoms with Crippen LogP contribution in [-0.2, 0) is 11.3 Å². The highest BCUT2D eigenvalue weighted by atomic mass is 35.5. The van der Waals surface area contributed by atoms with Gasteiger partial charge in [-0.1, -0.05) is 37.8 Å². The van der Waals surface area contributed by atoms with Crippen LogP contribution in [0.3, 0.4) is 0 Å². The summed E-state index contributed by atoms with van der Waals surface area (Å²) in [6.07, 6.45) is 6.05. The van der Waals surface area contributed by atoms with Crippen LogP contribution in [-0.4, -0.2) is 29.4 Å². The lowest BCUT2D eigenvalue weighted by Crippen LogP contribution is -2.48. The summed E-state index contributed by atoms with van der Waals surface area (Å²) in [5.41, 5.74) is 0. The molecule has 0 aliphatic heterocycles. The van der Waals surface area contributed by atoms with Crippen LogP contribution in [0.1, 0.15) is 50.8 Å². The normalized spacial score (nSPS) is 17.9. The van der Waals surface area contributed by atoms with Gasteiger partial charge in [-0.15, -0.1) is 11.3 Å². The molecule has 3 nitrogen and oxygen atoms in total. The van der Waals surface area contributed by atoms with Gasteiger partial charge in [-0.05, 0) is 38.4 Å². The fourth-order valence-corrected chi connectivity index (χ4v) is 4.01. The van der Waals surface area contributed by atoms with Gasteiger partial charge in [0.1, 0.15) is 0 Å². The molecule has 1 saturated carbocycles. The number of halogens is 1. The molecule has 1 atom stereocenters. The quantitative estimate of drug-likeness (QED) is 0.854. The van der Waals surface area contributed by atoms with E-state index in [0.717, 1.165) is 30.3 Å². The zero-order valence-corrected chi connectivity index (χ0v) is 14.5. The van der Waals surface area contributed by atoms with Gasteiger partial charge >= 0.3 is 0 Å². The number of hydrogen-bond donors (Lipinski definition) is 1. The predicted octanol–water partition coefficient (Wildman–Crippen LogP) is 4.06. The second-order valence-electron chi connectivity index (χ2n) is 5.79. The number of carbonyl (C=O) groups excluding carboxylic acids is 1. The topological polar surface area (TPSA) is 32.3 Å². The van der Waals surface area contributed by atoms with Gasteiger partial charge in [0.2, 0.25) is 5.91 Å². The predicted molar refractivity (Wildman–Crippen MR) is 89.9 cm³/mol. The minimum atomic E-state index is -0.0993. The molecule has 1 fully saturated rings. The summed E-state index contributed by atoms with van der Waals surface area (Å²) in [7, 11) is 0. The van der Waals surface area contributed by atoms with E-state index in [0.29, 0.717) is 6.04 Å². The van der Waals surface area contributed by atoms with E-state index in [1.807, 2.05) is 19.1 Å². The zero-order valence-electron chi connectivity index (χ0n) is 12.9. The van der Waals surface area contributed by atoms with Crippen molar-refractivity contribution >= 4 is 28.8 Å². The molecule has 1 aromatic heterocycles. The average Bonchev–Trinajstić information content (AvgIpc) is 2.90. The number of amides is 1. The van der Waals surface area contributed by atoms with Gasteiger partial charge < -0.3 is 5.32 Å². The monoisotopic (exact) mass is 328 g/mol. The molecule has 0 aromatic carbocycles. The fourth-order valence-electron chi connectivity index (χ4n) is 2.89. The molecule has 2 rings (SSSR count). The highest BCUT2D eigenvalue weighted by Crippen LogP contribution is 2.23. The van der Waals surface area contributed by atoms with Gasteiger partial charge in [0, 0.05) is 17.5 Å². The van der Waals surface area contributed by atoms with Crippen molar-refractivity contribution in [3.8, 4) is 0 Å². The summed E-state index contributed by atoms with van der Waals surface area (Å²) in [4.78, 5) is 15.8. The van der Waals surface area contributed by atoms with Gasteiger partial charge in [-0.2, -0.15) is 0 Å². The molecule has 1 heterocycles. The number of rotatable bonds is 6. The van der Waals surface area contributed by atoms with Crippen LogP contribution in [0.15, 0.2) is 12.1 Å². The fraction of sp³-hybridized carbons (Fsp3) is 0.688. The molecule has 5 heteroatoms. The van der Waals surface area contributed by atoms with E-state index in [9.17, 15) is 4.79 Å². The first kappa shape index (κ1) is 16.8. The van der Waals surface area contributed by atoms with Gasteiger partial charge in [-0.3, -0.25) is 9.69 Å². The largest absolute Gasteiger partial charge is 0.352 e. The molecule has 0 bridgehead atoms. The van der Waals surface area contributed by atoms with Crippen molar-refractivity contribution in [2.75, 3.05) is 6.54 Å². The second-order valence-corrected chi connectivity index (χ2v) is 7.59. The van der Waals surface area contributed by atoms with Crippen LogP contribution in [0.4, 0.5) is 0 Å². The van der Waals surface area contributed by atoms with Crippen LogP contribution in [0.25, 0.3) is 0 Å². The van der Waals surface area contributed by atoms with Crippen molar-refractivity contribution in [3.63, 3.8) is 0 Å². The molecular formula is C16H25ClN2OS. The molecule has 1 aliphatic rings. The van der Waals surface area contributed by atoms with E-state index < -0.39 is 0 Å². The summed E-state index contributed by atoms with van der Waals surface area (Å²) in [5.74, 6) is 0.159. The number of nitrogens with zero attached hydrogens (tertiary/aromatic N) is 1. The molecular weight excluding hydrogens is 304 g/mol. The van der Waals surface area contributed by atoms with Crippen LogP contribution < -0.4 is 5.32 Å². The zero-order chi connectivity index (χ0) is 15.2. The summed E-state index contributed by atoms with van der Waals surface area (Å²) >= 11 is 7.57.